The van der Waals surface area contributed by atoms with E-state index in [4.69, 9.17) is 11.5 Å². The average Bonchev–Trinajstić information content (AvgIpc) is 3.51. The van der Waals surface area contributed by atoms with Crippen molar-refractivity contribution in [3.8, 4) is 5.69 Å². The lowest BCUT2D eigenvalue weighted by Crippen LogP contribution is -2.60. The molecule has 2 unspecified atom stereocenters. The second kappa shape index (κ2) is 11.8. The van der Waals surface area contributed by atoms with Crippen LogP contribution >= 0.6 is 12.4 Å². The zero-order chi connectivity index (χ0) is 27.8. The maximum absolute atomic E-state index is 12.7. The molecule has 2 aromatic rings. The zero-order valence-electron chi connectivity index (χ0n) is 22.8. The highest BCUT2D eigenvalue weighted by atomic mass is 35.5. The highest BCUT2D eigenvalue weighted by Gasteiger charge is 2.58. The summed E-state index contributed by atoms with van der Waals surface area (Å²) in [5, 5.41) is 12.0. The molecule has 12 nitrogen and oxygen atoms in total. The Balaban J connectivity index is 0.00000370. The van der Waals surface area contributed by atoms with Crippen LogP contribution in [0.5, 0.6) is 0 Å². The van der Waals surface area contributed by atoms with Crippen molar-refractivity contribution in [2.24, 2.45) is 22.8 Å². The fourth-order valence-electron chi connectivity index (χ4n) is 5.70. The van der Waals surface area contributed by atoms with Gasteiger partial charge in [0.15, 0.2) is 0 Å². The number of rotatable bonds is 8. The van der Waals surface area contributed by atoms with Crippen LogP contribution in [0.2, 0.25) is 0 Å². The highest BCUT2D eigenvalue weighted by molar-refractivity contribution is 5.89. The van der Waals surface area contributed by atoms with E-state index in [2.05, 4.69) is 15.2 Å². The molecule has 0 radical (unpaired) electrons. The number of fused-ring (bicyclic) bond motifs is 1. The molecule has 13 heteroatoms. The number of urea groups is 1. The van der Waals surface area contributed by atoms with Gasteiger partial charge >= 0.3 is 11.7 Å². The fraction of sp³-hybridized carbons (Fsp3) is 0.556. The van der Waals surface area contributed by atoms with E-state index in [1.165, 1.54) is 28.4 Å². The van der Waals surface area contributed by atoms with Crippen LogP contribution in [0.4, 0.5) is 10.6 Å². The second-order valence-electron chi connectivity index (χ2n) is 11.4. The van der Waals surface area contributed by atoms with Gasteiger partial charge in [-0.1, -0.05) is 12.1 Å². The topological polar surface area (TPSA) is 163 Å². The molecule has 40 heavy (non-hydrogen) atoms. The van der Waals surface area contributed by atoms with Crippen molar-refractivity contribution in [3.05, 3.63) is 52.6 Å². The number of carbonyl (C=O) groups is 2. The second-order valence-corrected chi connectivity index (χ2v) is 11.4. The molecular weight excluding hydrogens is 536 g/mol. The minimum atomic E-state index is -1.35. The number of hydrogen-bond acceptors (Lipinski definition) is 8. The molecule has 5 rings (SSSR count). The highest BCUT2D eigenvalue weighted by Crippen LogP contribution is 2.56. The Bertz CT molecular complexity index is 1270. The van der Waals surface area contributed by atoms with Gasteiger partial charge in [-0.15, -0.1) is 12.4 Å². The minimum absolute atomic E-state index is 0. The molecule has 1 aromatic heterocycles. The summed E-state index contributed by atoms with van der Waals surface area (Å²) < 4.78 is 1.44. The minimum Gasteiger partial charge on any atom is -0.394 e. The number of nitrogens with zero attached hydrogens (tertiary/aromatic N) is 5. The van der Waals surface area contributed by atoms with Crippen molar-refractivity contribution in [1.29, 1.82) is 0 Å². The number of halogens is 1. The van der Waals surface area contributed by atoms with Crippen LogP contribution < -0.4 is 22.5 Å². The summed E-state index contributed by atoms with van der Waals surface area (Å²) in [6.45, 7) is 6.27. The molecule has 1 aliphatic carbocycles. The molecule has 3 atom stereocenters. The molecule has 218 valence electrons. The van der Waals surface area contributed by atoms with Crippen LogP contribution in [0.3, 0.4) is 0 Å². The molecule has 1 saturated carbocycles. The summed E-state index contributed by atoms with van der Waals surface area (Å²) in [6.07, 6.45) is 3.82. The van der Waals surface area contributed by atoms with E-state index < -0.39 is 23.9 Å². The third-order valence-corrected chi connectivity index (χ3v) is 8.42. The number of anilines is 1. The van der Waals surface area contributed by atoms with Crippen molar-refractivity contribution >= 4 is 30.2 Å². The number of amides is 3. The van der Waals surface area contributed by atoms with Crippen LogP contribution in [0, 0.1) is 11.3 Å². The lowest BCUT2D eigenvalue weighted by Gasteiger charge is -2.37. The van der Waals surface area contributed by atoms with E-state index in [-0.39, 0.29) is 24.1 Å². The van der Waals surface area contributed by atoms with E-state index in [9.17, 15) is 19.5 Å². The van der Waals surface area contributed by atoms with Crippen LogP contribution in [0.25, 0.3) is 5.69 Å². The van der Waals surface area contributed by atoms with Crippen molar-refractivity contribution in [1.82, 2.24) is 24.3 Å². The van der Waals surface area contributed by atoms with E-state index in [0.29, 0.717) is 37.3 Å². The molecule has 6 N–H and O–H groups in total. The Hall–Kier alpha value is -3.03. The molecule has 0 spiro atoms. The SMILES string of the molecule is C[C@@](N)(CO)C(=O)N1CCN(C(=O)Nc2ccn(-c3ccc(CCN4CC5CC5(CN)C4)cc3)c(=O)n2)CC1.Cl. The van der Waals surface area contributed by atoms with Gasteiger partial charge in [-0.3, -0.25) is 14.7 Å². The maximum atomic E-state index is 12.7. The third-order valence-electron chi connectivity index (χ3n) is 8.42. The Morgan fingerprint density at radius 3 is 2.42 bits per heavy atom. The summed E-state index contributed by atoms with van der Waals surface area (Å²) in [7, 11) is 0. The van der Waals surface area contributed by atoms with Gasteiger partial charge in [0, 0.05) is 52.0 Å². The van der Waals surface area contributed by atoms with Crippen LogP contribution in [-0.4, -0.2) is 106 Å². The fourth-order valence-corrected chi connectivity index (χ4v) is 5.70. The van der Waals surface area contributed by atoms with Gasteiger partial charge in [-0.25, -0.2) is 9.59 Å². The quantitative estimate of drug-likeness (QED) is 0.338. The van der Waals surface area contributed by atoms with E-state index in [0.717, 1.165) is 38.5 Å². The summed E-state index contributed by atoms with van der Waals surface area (Å²) in [6, 6.07) is 9.06. The first-order valence-electron chi connectivity index (χ1n) is 13.5. The number of nitrogens with two attached hydrogens (primary N) is 2. The van der Waals surface area contributed by atoms with E-state index >= 15 is 0 Å². The number of piperazine rings is 1. The standard InChI is InChI=1S/C27H38N8O4.ClH/c1-26(29,18-36)23(37)33-10-12-34(13-11-33)24(38)30-22-7-9-35(25(39)31-22)21-4-2-19(3-5-21)6-8-32-15-20-14-27(20,16-28)17-32;/h2-5,7,9,20,36H,6,8,10-18,28-29H2,1H3,(H,30,31,38,39);1H/t20?,26-,27?;/m1./s1. The van der Waals surface area contributed by atoms with Crippen molar-refractivity contribution < 1.29 is 14.7 Å². The Labute approximate surface area is 239 Å². The molecule has 3 amide bonds. The normalized spacial score (nSPS) is 23.6. The molecule has 3 aliphatic rings. The number of aromatic nitrogens is 2. The smallest absolute Gasteiger partial charge is 0.354 e. The Morgan fingerprint density at radius 2 is 1.82 bits per heavy atom. The van der Waals surface area contributed by atoms with Crippen molar-refractivity contribution in [2.45, 2.75) is 25.3 Å². The van der Waals surface area contributed by atoms with Gasteiger partial charge in [0.05, 0.1) is 12.3 Å². The number of piperidine rings is 1. The monoisotopic (exact) mass is 574 g/mol. The van der Waals surface area contributed by atoms with Gasteiger partial charge in [0.25, 0.3) is 0 Å². The summed E-state index contributed by atoms with van der Waals surface area (Å²) >= 11 is 0. The number of benzene rings is 1. The van der Waals surface area contributed by atoms with Crippen LogP contribution in [0.15, 0.2) is 41.3 Å². The lowest BCUT2D eigenvalue weighted by molar-refractivity contribution is -0.139. The van der Waals surface area contributed by atoms with Gasteiger partial charge in [0.1, 0.15) is 11.4 Å². The lowest BCUT2D eigenvalue weighted by atomic mass is 10.0. The number of hydrogen-bond donors (Lipinski definition) is 4. The van der Waals surface area contributed by atoms with Crippen LogP contribution in [0.1, 0.15) is 18.9 Å². The third kappa shape index (κ3) is 6.16. The predicted octanol–water partition coefficient (Wildman–Crippen LogP) is -0.137. The zero-order valence-corrected chi connectivity index (χ0v) is 23.6. The maximum Gasteiger partial charge on any atom is 0.354 e. The Kier molecular flexibility index (Phi) is 8.86. The molecule has 3 heterocycles. The first-order chi connectivity index (χ1) is 18.6. The van der Waals surface area contributed by atoms with E-state index in [1.54, 1.807) is 17.2 Å². The number of aliphatic hydroxyl groups excluding tert-OH is 1. The largest absolute Gasteiger partial charge is 0.394 e. The summed E-state index contributed by atoms with van der Waals surface area (Å²) in [5.74, 6) is 0.579. The molecule has 2 saturated heterocycles. The van der Waals surface area contributed by atoms with Gasteiger partial charge < -0.3 is 31.3 Å². The Morgan fingerprint density at radius 1 is 1.15 bits per heavy atom. The van der Waals surface area contributed by atoms with Crippen molar-refractivity contribution in [2.75, 3.05) is 64.3 Å². The average molecular weight is 575 g/mol. The van der Waals surface area contributed by atoms with Gasteiger partial charge in [0.2, 0.25) is 5.91 Å². The van der Waals surface area contributed by atoms with Gasteiger partial charge in [-0.2, -0.15) is 4.98 Å². The first-order valence-corrected chi connectivity index (χ1v) is 13.5. The molecular formula is C27H39ClN8O4. The van der Waals surface area contributed by atoms with Gasteiger partial charge in [-0.05, 0) is 61.4 Å². The molecule has 0 bridgehead atoms. The number of carbonyl (C=O) groups excluding carboxylic acids is 2. The van der Waals surface area contributed by atoms with Crippen molar-refractivity contribution in [3.63, 3.8) is 0 Å². The number of nitrogens with one attached hydrogen (secondary N) is 1. The summed E-state index contributed by atoms with van der Waals surface area (Å²) in [4.78, 5) is 47.4. The molecule has 2 aliphatic heterocycles. The molecule has 1 aromatic carbocycles. The number of likely N-dealkylation sites (tertiary alicyclic amines) is 1. The summed E-state index contributed by atoms with van der Waals surface area (Å²) in [5.41, 5.74) is 12.2. The predicted molar refractivity (Wildman–Crippen MR) is 154 cm³/mol. The van der Waals surface area contributed by atoms with Crippen LogP contribution in [-0.2, 0) is 11.2 Å². The van der Waals surface area contributed by atoms with E-state index in [1.807, 2.05) is 24.3 Å². The molecule has 3 fully saturated rings. The first kappa shape index (κ1) is 29.9. The number of aliphatic hydroxyl groups is 1.